The molecule has 4 rings (SSSR count). The van der Waals surface area contributed by atoms with Gasteiger partial charge in [0.05, 0.1) is 16.8 Å². The van der Waals surface area contributed by atoms with Gasteiger partial charge >= 0.3 is 5.97 Å². The Labute approximate surface area is 157 Å². The topological polar surface area (TPSA) is 109 Å². The van der Waals surface area contributed by atoms with Gasteiger partial charge in [0.2, 0.25) is 11.1 Å². The maximum atomic E-state index is 12.1. The highest BCUT2D eigenvalue weighted by Gasteiger charge is 2.11. The highest BCUT2D eigenvalue weighted by molar-refractivity contribution is 7.99. The van der Waals surface area contributed by atoms with Crippen LogP contribution in [0, 0.1) is 0 Å². The van der Waals surface area contributed by atoms with Crippen LogP contribution < -0.4 is 5.32 Å². The predicted molar refractivity (Wildman–Crippen MR) is 101 cm³/mol. The molecule has 0 atom stereocenters. The normalized spacial score (nSPS) is 11.0. The van der Waals surface area contributed by atoms with Gasteiger partial charge in [0.1, 0.15) is 6.33 Å². The van der Waals surface area contributed by atoms with E-state index in [4.69, 9.17) is 5.11 Å². The molecule has 1 amide bonds. The molecule has 0 unspecified atom stereocenters. The van der Waals surface area contributed by atoms with Crippen molar-refractivity contribution in [2.45, 2.75) is 5.16 Å². The molecule has 27 heavy (non-hydrogen) atoms. The van der Waals surface area contributed by atoms with Crippen molar-refractivity contribution >= 4 is 45.9 Å². The minimum absolute atomic E-state index is 0.0968. The number of aromatic nitrogens is 4. The van der Waals surface area contributed by atoms with Gasteiger partial charge in [-0.05, 0) is 30.3 Å². The molecule has 0 bridgehead atoms. The largest absolute Gasteiger partial charge is 0.478 e. The number of carbonyl (C=O) groups is 2. The summed E-state index contributed by atoms with van der Waals surface area (Å²) < 4.78 is 1.58. The summed E-state index contributed by atoms with van der Waals surface area (Å²) in [6.07, 6.45) is 1.59. The van der Waals surface area contributed by atoms with E-state index in [1.54, 1.807) is 23.0 Å². The van der Waals surface area contributed by atoms with Crippen molar-refractivity contribution in [3.05, 3.63) is 60.4 Å². The lowest BCUT2D eigenvalue weighted by Gasteiger charge is -2.04. The highest BCUT2D eigenvalue weighted by Crippen LogP contribution is 2.20. The minimum Gasteiger partial charge on any atom is -0.478 e. The number of nitrogens with zero attached hydrogens (tertiary/aromatic N) is 4. The molecule has 2 aromatic heterocycles. The number of benzene rings is 2. The number of carboxylic acids is 1. The van der Waals surface area contributed by atoms with Gasteiger partial charge in [-0.3, -0.25) is 4.79 Å². The number of amides is 1. The Balaban J connectivity index is 1.47. The minimum atomic E-state index is -1.05. The van der Waals surface area contributed by atoms with Crippen LogP contribution >= 0.6 is 11.8 Å². The summed E-state index contributed by atoms with van der Waals surface area (Å²) in [5.41, 5.74) is 2.04. The number of hydrogen-bond acceptors (Lipinski definition) is 6. The summed E-state index contributed by atoms with van der Waals surface area (Å²) in [4.78, 5) is 31.9. The van der Waals surface area contributed by atoms with E-state index in [0.717, 1.165) is 10.9 Å². The smallest absolute Gasteiger partial charge is 0.335 e. The van der Waals surface area contributed by atoms with Crippen LogP contribution in [-0.4, -0.2) is 42.3 Å². The quantitative estimate of drug-likeness (QED) is 0.513. The molecule has 0 aliphatic rings. The number of rotatable bonds is 5. The first-order valence-electron chi connectivity index (χ1n) is 7.96. The molecule has 134 valence electrons. The third kappa shape index (κ3) is 3.58. The molecule has 0 aliphatic carbocycles. The number of thioether (sulfide) groups is 1. The third-order valence-corrected chi connectivity index (χ3v) is 4.63. The molecule has 0 saturated heterocycles. The van der Waals surface area contributed by atoms with Gasteiger partial charge in [-0.25, -0.2) is 19.3 Å². The Bertz CT molecular complexity index is 1170. The second-order valence-electron chi connectivity index (χ2n) is 5.65. The van der Waals surface area contributed by atoms with Crippen molar-refractivity contribution in [1.29, 1.82) is 0 Å². The first kappa shape index (κ1) is 17.0. The second-order valence-corrected chi connectivity index (χ2v) is 6.59. The Kier molecular flexibility index (Phi) is 4.43. The van der Waals surface area contributed by atoms with Crippen LogP contribution in [0.4, 0.5) is 5.69 Å². The van der Waals surface area contributed by atoms with E-state index in [0.29, 0.717) is 16.5 Å². The van der Waals surface area contributed by atoms with Gasteiger partial charge < -0.3 is 10.4 Å². The van der Waals surface area contributed by atoms with Gasteiger partial charge in [-0.15, -0.1) is 5.10 Å². The first-order valence-corrected chi connectivity index (χ1v) is 8.95. The summed E-state index contributed by atoms with van der Waals surface area (Å²) in [6.45, 7) is 0. The summed E-state index contributed by atoms with van der Waals surface area (Å²) in [6, 6.07) is 13.7. The fraction of sp³-hybridized carbons (Fsp3) is 0.0556. The van der Waals surface area contributed by atoms with Gasteiger partial charge in [0.15, 0.2) is 5.65 Å². The van der Waals surface area contributed by atoms with Crippen molar-refractivity contribution in [2.75, 3.05) is 11.1 Å². The van der Waals surface area contributed by atoms with Gasteiger partial charge in [-0.1, -0.05) is 30.0 Å². The van der Waals surface area contributed by atoms with Crippen molar-refractivity contribution in [3.63, 3.8) is 0 Å². The lowest BCUT2D eigenvalue weighted by molar-refractivity contribution is -0.113. The van der Waals surface area contributed by atoms with E-state index >= 15 is 0 Å². The van der Waals surface area contributed by atoms with Gasteiger partial charge in [0.25, 0.3) is 0 Å². The number of fused-ring (bicyclic) bond motifs is 3. The van der Waals surface area contributed by atoms with E-state index in [1.807, 2.05) is 24.3 Å². The monoisotopic (exact) mass is 379 g/mol. The molecule has 0 saturated carbocycles. The van der Waals surface area contributed by atoms with Gasteiger partial charge in [0, 0.05) is 11.1 Å². The van der Waals surface area contributed by atoms with Crippen LogP contribution in [0.3, 0.4) is 0 Å². The molecule has 2 N–H and O–H groups in total. The van der Waals surface area contributed by atoms with Crippen LogP contribution in [0.15, 0.2) is 60.0 Å². The fourth-order valence-electron chi connectivity index (χ4n) is 2.58. The van der Waals surface area contributed by atoms with Crippen LogP contribution in [0.1, 0.15) is 10.4 Å². The zero-order valence-electron chi connectivity index (χ0n) is 13.9. The Morgan fingerprint density at radius 3 is 2.85 bits per heavy atom. The van der Waals surface area contributed by atoms with Crippen molar-refractivity contribution in [3.8, 4) is 0 Å². The second kappa shape index (κ2) is 7.04. The molecular weight excluding hydrogens is 366 g/mol. The zero-order valence-corrected chi connectivity index (χ0v) is 14.7. The number of carboxylic acid groups (broad SMARTS) is 1. The van der Waals surface area contributed by atoms with Gasteiger partial charge in [-0.2, -0.15) is 0 Å². The molecular formula is C18H13N5O3S. The van der Waals surface area contributed by atoms with E-state index < -0.39 is 5.97 Å². The number of hydrogen-bond donors (Lipinski definition) is 2. The van der Waals surface area contributed by atoms with E-state index in [-0.39, 0.29) is 17.2 Å². The van der Waals surface area contributed by atoms with E-state index in [1.165, 1.54) is 23.9 Å². The summed E-state index contributed by atoms with van der Waals surface area (Å²) >= 11 is 1.19. The average molecular weight is 379 g/mol. The number of nitrogens with one attached hydrogen (secondary N) is 1. The van der Waals surface area contributed by atoms with Crippen molar-refractivity contribution in [2.24, 2.45) is 0 Å². The Hall–Kier alpha value is -3.46. The molecule has 4 aromatic rings. The molecule has 2 heterocycles. The molecule has 2 aromatic carbocycles. The lowest BCUT2D eigenvalue weighted by atomic mass is 10.2. The molecule has 0 aliphatic heterocycles. The van der Waals surface area contributed by atoms with Crippen LogP contribution in [0.2, 0.25) is 0 Å². The number of anilines is 1. The third-order valence-electron chi connectivity index (χ3n) is 3.79. The standard InChI is InChI=1S/C18H13N5O3S/c24-15(20-12-5-3-4-11(8-12)17(25)26)9-27-18-21-16-13-6-1-2-7-14(13)19-10-23(16)22-18/h1-8,10H,9H2,(H,20,24)(H,25,26). The molecule has 8 nitrogen and oxygen atoms in total. The van der Waals surface area contributed by atoms with Crippen molar-refractivity contribution < 1.29 is 14.7 Å². The van der Waals surface area contributed by atoms with Crippen molar-refractivity contribution in [1.82, 2.24) is 19.6 Å². The van der Waals surface area contributed by atoms with E-state index in [9.17, 15) is 9.59 Å². The molecule has 0 radical (unpaired) electrons. The Morgan fingerprint density at radius 2 is 2.00 bits per heavy atom. The number of para-hydroxylation sites is 1. The maximum absolute atomic E-state index is 12.1. The molecule has 0 spiro atoms. The summed E-state index contributed by atoms with van der Waals surface area (Å²) in [7, 11) is 0. The molecule has 0 fully saturated rings. The maximum Gasteiger partial charge on any atom is 0.335 e. The summed E-state index contributed by atoms with van der Waals surface area (Å²) in [5.74, 6) is -1.22. The SMILES string of the molecule is O=C(CSc1nc2c3ccccc3ncn2n1)Nc1cccc(C(=O)O)c1. The number of aromatic carboxylic acids is 1. The average Bonchev–Trinajstić information content (AvgIpc) is 3.10. The molecule has 9 heteroatoms. The van der Waals surface area contributed by atoms with E-state index in [2.05, 4.69) is 20.4 Å². The first-order chi connectivity index (χ1) is 13.1. The number of carbonyl (C=O) groups excluding carboxylic acids is 1. The van der Waals surface area contributed by atoms with Crippen LogP contribution in [-0.2, 0) is 4.79 Å². The van der Waals surface area contributed by atoms with Crippen LogP contribution in [0.25, 0.3) is 16.6 Å². The fourth-order valence-corrected chi connectivity index (χ4v) is 3.21. The lowest BCUT2D eigenvalue weighted by Crippen LogP contribution is -2.14. The highest BCUT2D eigenvalue weighted by atomic mass is 32.2. The summed E-state index contributed by atoms with van der Waals surface area (Å²) in [5, 5.41) is 17.3. The predicted octanol–water partition coefficient (Wildman–Crippen LogP) is 2.71. The Morgan fingerprint density at radius 1 is 1.15 bits per heavy atom. The zero-order chi connectivity index (χ0) is 18.8. The van der Waals surface area contributed by atoms with Crippen LogP contribution in [0.5, 0.6) is 0 Å².